The van der Waals surface area contributed by atoms with Crippen LogP contribution in [-0.2, 0) is 31.3 Å². The van der Waals surface area contributed by atoms with Gasteiger partial charge in [-0.3, -0.25) is 4.90 Å². The minimum Gasteiger partial charge on any atom is -0.377 e. The molecule has 1 atom stereocenters. The molecular weight excluding hydrogens is 298 g/mol. The fraction of sp³-hybridized carbons (Fsp3) is 0.600. The number of nitrogens with two attached hydrogens (primary N) is 1. The van der Waals surface area contributed by atoms with Crippen LogP contribution in [0.2, 0.25) is 0 Å². The SMILES string of the molecule is Cc1c(CC(C)N)c2cc3c(cc2n1C)CN(CCOC(C)C)C3. The van der Waals surface area contributed by atoms with Crippen molar-refractivity contribution in [2.24, 2.45) is 12.8 Å². The molecule has 2 N–H and O–H groups in total. The van der Waals surface area contributed by atoms with Gasteiger partial charge < -0.3 is 15.0 Å². The summed E-state index contributed by atoms with van der Waals surface area (Å²) in [6.45, 7) is 12.3. The normalized spacial score (nSPS) is 16.3. The van der Waals surface area contributed by atoms with Crippen LogP contribution in [0.1, 0.15) is 43.2 Å². The number of hydrogen-bond donors (Lipinski definition) is 1. The van der Waals surface area contributed by atoms with Gasteiger partial charge in [0.25, 0.3) is 0 Å². The molecule has 2 aromatic rings. The molecule has 0 bridgehead atoms. The van der Waals surface area contributed by atoms with Crippen molar-refractivity contribution in [3.63, 3.8) is 0 Å². The molecule has 1 aliphatic heterocycles. The first kappa shape index (κ1) is 17.5. The summed E-state index contributed by atoms with van der Waals surface area (Å²) in [4.78, 5) is 2.48. The number of ether oxygens (including phenoxy) is 1. The van der Waals surface area contributed by atoms with Crippen molar-refractivity contribution in [3.05, 3.63) is 34.5 Å². The van der Waals surface area contributed by atoms with Crippen molar-refractivity contribution < 1.29 is 4.74 Å². The lowest BCUT2D eigenvalue weighted by Crippen LogP contribution is -2.23. The summed E-state index contributed by atoms with van der Waals surface area (Å²) in [5.41, 5.74) is 13.1. The van der Waals surface area contributed by atoms with E-state index >= 15 is 0 Å². The first-order valence-electron chi connectivity index (χ1n) is 9.06. The van der Waals surface area contributed by atoms with Crippen LogP contribution in [0.15, 0.2) is 12.1 Å². The van der Waals surface area contributed by atoms with Crippen LogP contribution in [0.25, 0.3) is 10.9 Å². The Kier molecular flexibility index (Phi) is 5.00. The predicted molar refractivity (Wildman–Crippen MR) is 100 cm³/mol. The Morgan fingerprint density at radius 3 is 2.46 bits per heavy atom. The second kappa shape index (κ2) is 6.87. The highest BCUT2D eigenvalue weighted by Crippen LogP contribution is 2.32. The van der Waals surface area contributed by atoms with Gasteiger partial charge in [0.05, 0.1) is 12.7 Å². The summed E-state index contributed by atoms with van der Waals surface area (Å²) in [7, 11) is 2.16. The molecular formula is C20H31N3O. The standard InChI is InChI=1S/C20H31N3O/c1-13(2)24-7-6-23-11-16-9-19-18(8-14(3)21)15(4)22(5)20(19)10-17(16)12-23/h9-10,13-14H,6-8,11-12,21H2,1-5H3. The molecule has 0 aliphatic carbocycles. The monoisotopic (exact) mass is 329 g/mol. The molecule has 1 aromatic carbocycles. The van der Waals surface area contributed by atoms with E-state index in [1.165, 1.54) is 33.3 Å². The van der Waals surface area contributed by atoms with Gasteiger partial charge in [-0.25, -0.2) is 0 Å². The largest absolute Gasteiger partial charge is 0.377 e. The minimum atomic E-state index is 0.187. The molecule has 4 heteroatoms. The maximum atomic E-state index is 6.08. The molecule has 0 amide bonds. The van der Waals surface area contributed by atoms with Crippen molar-refractivity contribution in [2.75, 3.05) is 13.2 Å². The highest BCUT2D eigenvalue weighted by Gasteiger charge is 2.22. The lowest BCUT2D eigenvalue weighted by Gasteiger charge is -2.15. The van der Waals surface area contributed by atoms with Crippen molar-refractivity contribution in [1.82, 2.24) is 9.47 Å². The van der Waals surface area contributed by atoms with Crippen LogP contribution in [0, 0.1) is 6.92 Å². The summed E-state index contributed by atoms with van der Waals surface area (Å²) in [6.07, 6.45) is 1.25. The van der Waals surface area contributed by atoms with E-state index in [2.05, 4.69) is 56.3 Å². The summed E-state index contributed by atoms with van der Waals surface area (Å²) in [5, 5.41) is 1.38. The first-order valence-corrected chi connectivity index (χ1v) is 9.06. The highest BCUT2D eigenvalue weighted by atomic mass is 16.5. The third-order valence-corrected chi connectivity index (χ3v) is 5.12. The molecule has 0 fully saturated rings. The van der Waals surface area contributed by atoms with Crippen LogP contribution in [0.4, 0.5) is 0 Å². The fourth-order valence-electron chi connectivity index (χ4n) is 3.76. The van der Waals surface area contributed by atoms with Crippen molar-refractivity contribution in [3.8, 4) is 0 Å². The predicted octanol–water partition coefficient (Wildman–Crippen LogP) is 3.12. The summed E-state index contributed by atoms with van der Waals surface area (Å²) in [5.74, 6) is 0. The zero-order valence-electron chi connectivity index (χ0n) is 15.7. The van der Waals surface area contributed by atoms with Crippen LogP contribution in [0.3, 0.4) is 0 Å². The Morgan fingerprint density at radius 2 is 1.83 bits per heavy atom. The van der Waals surface area contributed by atoms with E-state index in [0.717, 1.165) is 32.7 Å². The molecule has 1 unspecified atom stereocenters. The molecule has 24 heavy (non-hydrogen) atoms. The number of fused-ring (bicyclic) bond motifs is 2. The Morgan fingerprint density at radius 1 is 1.17 bits per heavy atom. The van der Waals surface area contributed by atoms with Gasteiger partial charge in [-0.1, -0.05) is 0 Å². The second-order valence-corrected chi connectivity index (χ2v) is 7.57. The smallest absolute Gasteiger partial charge is 0.0597 e. The third kappa shape index (κ3) is 3.37. The maximum absolute atomic E-state index is 6.08. The Labute approximate surface area is 145 Å². The van der Waals surface area contributed by atoms with Crippen molar-refractivity contribution >= 4 is 10.9 Å². The van der Waals surface area contributed by atoms with Gasteiger partial charge in [0.2, 0.25) is 0 Å². The number of aryl methyl sites for hydroxylation is 1. The lowest BCUT2D eigenvalue weighted by molar-refractivity contribution is 0.0584. The van der Waals surface area contributed by atoms with E-state index in [0.29, 0.717) is 6.10 Å². The Bertz CT molecular complexity index is 730. The minimum absolute atomic E-state index is 0.187. The first-order chi connectivity index (χ1) is 11.4. The number of benzene rings is 1. The maximum Gasteiger partial charge on any atom is 0.0597 e. The molecule has 1 aromatic heterocycles. The number of aromatic nitrogens is 1. The van der Waals surface area contributed by atoms with E-state index < -0.39 is 0 Å². The van der Waals surface area contributed by atoms with E-state index in [1.54, 1.807) is 0 Å². The van der Waals surface area contributed by atoms with Crippen molar-refractivity contribution in [1.29, 1.82) is 0 Å². The number of hydrogen-bond acceptors (Lipinski definition) is 3. The molecule has 0 radical (unpaired) electrons. The zero-order chi connectivity index (χ0) is 17.4. The summed E-state index contributed by atoms with van der Waals surface area (Å²) >= 11 is 0. The molecule has 0 saturated carbocycles. The summed E-state index contributed by atoms with van der Waals surface area (Å²) in [6, 6.07) is 4.97. The average Bonchev–Trinajstić information content (AvgIpc) is 2.99. The molecule has 3 rings (SSSR count). The van der Waals surface area contributed by atoms with Crippen LogP contribution < -0.4 is 5.73 Å². The van der Waals surface area contributed by atoms with E-state index in [4.69, 9.17) is 10.5 Å². The molecule has 132 valence electrons. The molecule has 0 saturated heterocycles. The van der Waals surface area contributed by atoms with Gasteiger partial charge >= 0.3 is 0 Å². The average molecular weight is 329 g/mol. The van der Waals surface area contributed by atoms with Gasteiger partial charge in [-0.05, 0) is 62.9 Å². The molecule has 0 spiro atoms. The van der Waals surface area contributed by atoms with Crippen LogP contribution in [0.5, 0.6) is 0 Å². The van der Waals surface area contributed by atoms with E-state index in [9.17, 15) is 0 Å². The quantitative estimate of drug-likeness (QED) is 0.885. The van der Waals surface area contributed by atoms with Gasteiger partial charge in [-0.2, -0.15) is 0 Å². The highest BCUT2D eigenvalue weighted by molar-refractivity contribution is 5.87. The topological polar surface area (TPSA) is 43.4 Å². The van der Waals surface area contributed by atoms with Gasteiger partial charge in [0.15, 0.2) is 0 Å². The summed E-state index contributed by atoms with van der Waals surface area (Å²) < 4.78 is 8.02. The third-order valence-electron chi connectivity index (χ3n) is 5.12. The van der Waals surface area contributed by atoms with Gasteiger partial charge in [0.1, 0.15) is 0 Å². The molecule has 4 nitrogen and oxygen atoms in total. The lowest BCUT2D eigenvalue weighted by atomic mass is 10.0. The van der Waals surface area contributed by atoms with Crippen LogP contribution in [-0.4, -0.2) is 34.8 Å². The van der Waals surface area contributed by atoms with E-state index in [1.807, 2.05) is 0 Å². The Hall–Kier alpha value is -1.36. The number of rotatable bonds is 6. The zero-order valence-corrected chi connectivity index (χ0v) is 15.7. The fourth-order valence-corrected chi connectivity index (χ4v) is 3.76. The second-order valence-electron chi connectivity index (χ2n) is 7.57. The van der Waals surface area contributed by atoms with E-state index in [-0.39, 0.29) is 6.04 Å². The van der Waals surface area contributed by atoms with Gasteiger partial charge in [0, 0.05) is 49.3 Å². The van der Waals surface area contributed by atoms with Crippen LogP contribution >= 0.6 is 0 Å². The van der Waals surface area contributed by atoms with Gasteiger partial charge in [-0.15, -0.1) is 0 Å². The van der Waals surface area contributed by atoms with Crippen molar-refractivity contribution in [2.45, 2.75) is 59.4 Å². The number of nitrogens with zero attached hydrogens (tertiary/aromatic N) is 2. The molecule has 1 aliphatic rings. The molecule has 2 heterocycles. The Balaban J connectivity index is 1.85.